The zero-order valence-corrected chi connectivity index (χ0v) is 8.39. The van der Waals surface area contributed by atoms with Crippen LogP contribution in [-0.2, 0) is 0 Å². The number of aromatic nitrogens is 2. The van der Waals surface area contributed by atoms with Gasteiger partial charge in [-0.25, -0.2) is 9.78 Å². The molecule has 0 aromatic carbocycles. The van der Waals surface area contributed by atoms with E-state index in [0.29, 0.717) is 5.02 Å². The van der Waals surface area contributed by atoms with Gasteiger partial charge in [0.15, 0.2) is 0 Å². The van der Waals surface area contributed by atoms with E-state index in [4.69, 9.17) is 16.3 Å². The predicted molar refractivity (Wildman–Crippen MR) is 55.1 cm³/mol. The molecule has 0 aliphatic carbocycles. The van der Waals surface area contributed by atoms with E-state index in [1.165, 1.54) is 16.8 Å². The molecule has 0 bridgehead atoms. The van der Waals surface area contributed by atoms with Crippen LogP contribution in [0.25, 0.3) is 0 Å². The number of carbonyl (C=O) groups excluding carboxylic acids is 1. The topological polar surface area (TPSA) is 44.1 Å². The van der Waals surface area contributed by atoms with Crippen molar-refractivity contribution in [2.75, 3.05) is 0 Å². The molecule has 0 fully saturated rings. The quantitative estimate of drug-likeness (QED) is 0.745. The summed E-state index contributed by atoms with van der Waals surface area (Å²) >= 11 is 5.72. The van der Waals surface area contributed by atoms with Crippen molar-refractivity contribution in [3.63, 3.8) is 0 Å². The van der Waals surface area contributed by atoms with Gasteiger partial charge in [-0.1, -0.05) is 11.6 Å². The SMILES string of the molecule is O=C(Oc1cc(Cl)ccn1)n1cccc1. The second-order valence-electron chi connectivity index (χ2n) is 2.77. The summed E-state index contributed by atoms with van der Waals surface area (Å²) in [6.45, 7) is 0. The number of hydrogen-bond acceptors (Lipinski definition) is 3. The molecular formula is C10H7ClN2O2. The van der Waals surface area contributed by atoms with E-state index in [1.54, 1.807) is 30.6 Å². The van der Waals surface area contributed by atoms with E-state index >= 15 is 0 Å². The summed E-state index contributed by atoms with van der Waals surface area (Å²) in [6, 6.07) is 6.54. The van der Waals surface area contributed by atoms with Crippen molar-refractivity contribution in [2.45, 2.75) is 0 Å². The molecule has 0 radical (unpaired) electrons. The Bertz CT molecular complexity index is 468. The van der Waals surface area contributed by atoms with Crippen LogP contribution in [-0.4, -0.2) is 15.6 Å². The lowest BCUT2D eigenvalue weighted by atomic mass is 10.5. The van der Waals surface area contributed by atoms with Crippen LogP contribution >= 0.6 is 11.6 Å². The molecule has 2 aromatic rings. The summed E-state index contributed by atoms with van der Waals surface area (Å²) in [5, 5.41) is 0.473. The molecule has 2 aromatic heterocycles. The Kier molecular flexibility index (Phi) is 2.69. The molecule has 2 rings (SSSR count). The number of hydrogen-bond donors (Lipinski definition) is 0. The summed E-state index contributed by atoms with van der Waals surface area (Å²) in [5.41, 5.74) is 0. The molecular weight excluding hydrogens is 216 g/mol. The van der Waals surface area contributed by atoms with E-state index in [9.17, 15) is 4.79 Å². The molecule has 4 nitrogen and oxygen atoms in total. The smallest absolute Gasteiger partial charge is 0.391 e. The molecule has 0 saturated carbocycles. The minimum absolute atomic E-state index is 0.182. The van der Waals surface area contributed by atoms with Crippen molar-refractivity contribution in [2.24, 2.45) is 0 Å². The van der Waals surface area contributed by atoms with Crippen LogP contribution in [0.15, 0.2) is 42.9 Å². The van der Waals surface area contributed by atoms with E-state index < -0.39 is 6.09 Å². The maximum atomic E-state index is 11.4. The first kappa shape index (κ1) is 9.73. The van der Waals surface area contributed by atoms with Crippen molar-refractivity contribution < 1.29 is 9.53 Å². The summed E-state index contributed by atoms with van der Waals surface area (Å²) < 4.78 is 6.28. The molecule has 0 aliphatic heterocycles. The Hall–Kier alpha value is -1.81. The molecule has 0 spiro atoms. The summed E-state index contributed by atoms with van der Waals surface area (Å²) in [6.07, 6.45) is 4.13. The fourth-order valence-corrected chi connectivity index (χ4v) is 1.19. The van der Waals surface area contributed by atoms with E-state index in [-0.39, 0.29) is 5.88 Å². The highest BCUT2D eigenvalue weighted by Gasteiger charge is 2.06. The van der Waals surface area contributed by atoms with Gasteiger partial charge in [-0.05, 0) is 18.2 Å². The average Bonchev–Trinajstić information content (AvgIpc) is 2.70. The minimum atomic E-state index is -0.519. The van der Waals surface area contributed by atoms with Gasteiger partial charge < -0.3 is 4.74 Å². The monoisotopic (exact) mass is 222 g/mol. The fourth-order valence-electron chi connectivity index (χ4n) is 1.04. The van der Waals surface area contributed by atoms with Gasteiger partial charge in [0.1, 0.15) is 0 Å². The third-order valence-corrected chi connectivity index (χ3v) is 1.94. The molecule has 0 unspecified atom stereocenters. The Morgan fingerprint density at radius 1 is 1.40 bits per heavy atom. The van der Waals surface area contributed by atoms with Crippen molar-refractivity contribution >= 4 is 17.7 Å². The van der Waals surface area contributed by atoms with Crippen LogP contribution in [0.2, 0.25) is 5.02 Å². The summed E-state index contributed by atoms with van der Waals surface area (Å²) in [7, 11) is 0. The molecule has 0 saturated heterocycles. The van der Waals surface area contributed by atoms with Crippen LogP contribution in [0.3, 0.4) is 0 Å². The Morgan fingerprint density at radius 3 is 2.80 bits per heavy atom. The molecule has 0 N–H and O–H groups in total. The molecule has 0 aliphatic rings. The number of halogens is 1. The zero-order valence-electron chi connectivity index (χ0n) is 7.63. The molecule has 76 valence electrons. The lowest BCUT2D eigenvalue weighted by Crippen LogP contribution is -2.15. The van der Waals surface area contributed by atoms with Gasteiger partial charge in [0.25, 0.3) is 0 Å². The summed E-state index contributed by atoms with van der Waals surface area (Å²) in [4.78, 5) is 15.3. The van der Waals surface area contributed by atoms with Crippen molar-refractivity contribution in [1.82, 2.24) is 9.55 Å². The lowest BCUT2D eigenvalue weighted by Gasteiger charge is -2.03. The first-order chi connectivity index (χ1) is 7.25. The zero-order chi connectivity index (χ0) is 10.7. The van der Waals surface area contributed by atoms with Gasteiger partial charge in [0.2, 0.25) is 5.88 Å². The van der Waals surface area contributed by atoms with Crippen molar-refractivity contribution in [3.8, 4) is 5.88 Å². The third-order valence-electron chi connectivity index (χ3n) is 1.70. The van der Waals surface area contributed by atoms with E-state index in [1.807, 2.05) is 0 Å². The van der Waals surface area contributed by atoms with Crippen molar-refractivity contribution in [3.05, 3.63) is 47.9 Å². The first-order valence-corrected chi connectivity index (χ1v) is 4.60. The van der Waals surface area contributed by atoms with Gasteiger partial charge in [-0.3, -0.25) is 4.57 Å². The third kappa shape index (κ3) is 2.35. The molecule has 0 amide bonds. The largest absolute Gasteiger partial charge is 0.424 e. The standard InChI is InChI=1S/C10H7ClN2O2/c11-8-3-4-12-9(7-8)15-10(14)13-5-1-2-6-13/h1-7H. The number of nitrogens with zero attached hydrogens (tertiary/aromatic N) is 2. The second kappa shape index (κ2) is 4.14. The Labute approximate surface area is 91.1 Å². The minimum Gasteiger partial charge on any atom is -0.391 e. The molecule has 2 heterocycles. The number of ether oxygens (including phenoxy) is 1. The second-order valence-corrected chi connectivity index (χ2v) is 3.21. The maximum Gasteiger partial charge on any atom is 0.424 e. The lowest BCUT2D eigenvalue weighted by molar-refractivity contribution is 0.200. The van der Waals surface area contributed by atoms with Crippen molar-refractivity contribution in [1.29, 1.82) is 0 Å². The van der Waals surface area contributed by atoms with Crippen LogP contribution in [0.1, 0.15) is 0 Å². The van der Waals surface area contributed by atoms with E-state index in [2.05, 4.69) is 4.98 Å². The molecule has 15 heavy (non-hydrogen) atoms. The fraction of sp³-hybridized carbons (Fsp3) is 0. The van der Waals surface area contributed by atoms with Gasteiger partial charge >= 0.3 is 6.09 Å². The Morgan fingerprint density at radius 2 is 2.13 bits per heavy atom. The van der Waals surface area contributed by atoms with Crippen LogP contribution in [0.5, 0.6) is 5.88 Å². The number of rotatable bonds is 1. The van der Waals surface area contributed by atoms with Crippen LogP contribution in [0.4, 0.5) is 4.79 Å². The van der Waals surface area contributed by atoms with Gasteiger partial charge in [0.05, 0.1) is 0 Å². The highest BCUT2D eigenvalue weighted by Crippen LogP contribution is 2.14. The highest BCUT2D eigenvalue weighted by atomic mass is 35.5. The number of carbonyl (C=O) groups is 1. The first-order valence-electron chi connectivity index (χ1n) is 4.22. The molecule has 0 atom stereocenters. The molecule has 5 heteroatoms. The van der Waals surface area contributed by atoms with Gasteiger partial charge in [-0.2, -0.15) is 0 Å². The van der Waals surface area contributed by atoms with E-state index in [0.717, 1.165) is 0 Å². The van der Waals surface area contributed by atoms with Crippen LogP contribution in [0, 0.1) is 0 Å². The predicted octanol–water partition coefficient (Wildman–Crippen LogP) is 2.58. The van der Waals surface area contributed by atoms with Gasteiger partial charge in [-0.15, -0.1) is 0 Å². The average molecular weight is 223 g/mol. The Balaban J connectivity index is 2.13. The maximum absolute atomic E-state index is 11.4. The summed E-state index contributed by atoms with van der Waals surface area (Å²) in [5.74, 6) is 0.182. The van der Waals surface area contributed by atoms with Crippen LogP contribution < -0.4 is 4.74 Å². The number of pyridine rings is 1. The van der Waals surface area contributed by atoms with Gasteiger partial charge in [0, 0.05) is 29.7 Å². The highest BCUT2D eigenvalue weighted by molar-refractivity contribution is 6.30. The normalized spacial score (nSPS) is 9.93.